The zero-order valence-corrected chi connectivity index (χ0v) is 10.8. The Morgan fingerprint density at radius 1 is 1.35 bits per heavy atom. The van der Waals surface area contributed by atoms with Crippen molar-refractivity contribution in [1.29, 1.82) is 0 Å². The summed E-state index contributed by atoms with van der Waals surface area (Å²) in [7, 11) is -3.46. The van der Waals surface area contributed by atoms with Gasteiger partial charge in [-0.25, -0.2) is 8.42 Å². The fraction of sp³-hybridized carbons (Fsp3) is 0.333. The van der Waals surface area contributed by atoms with Crippen LogP contribution in [0.25, 0.3) is 0 Å². The molecule has 0 aliphatic carbocycles. The Hall–Kier alpha value is -1.17. The molecule has 1 rings (SSSR count). The van der Waals surface area contributed by atoms with Gasteiger partial charge in [-0.15, -0.1) is 6.58 Å². The molecule has 94 valence electrons. The summed E-state index contributed by atoms with van der Waals surface area (Å²) in [4.78, 5) is 0.290. The van der Waals surface area contributed by atoms with Crippen molar-refractivity contribution in [2.75, 3.05) is 19.6 Å². The molecular weight excluding hydrogens is 236 g/mol. The fourth-order valence-electron chi connectivity index (χ4n) is 1.46. The molecule has 4 nitrogen and oxygen atoms in total. The van der Waals surface area contributed by atoms with Crippen LogP contribution >= 0.6 is 0 Å². The first-order valence-electron chi connectivity index (χ1n) is 5.40. The van der Waals surface area contributed by atoms with Crippen molar-refractivity contribution in [3.05, 3.63) is 42.5 Å². The molecule has 0 unspecified atom stereocenters. The highest BCUT2D eigenvalue weighted by Gasteiger charge is 2.22. The number of benzene rings is 1. The van der Waals surface area contributed by atoms with E-state index in [2.05, 4.69) is 6.58 Å². The average Bonchev–Trinajstić information content (AvgIpc) is 2.29. The van der Waals surface area contributed by atoms with Crippen LogP contribution in [0.2, 0.25) is 0 Å². The summed E-state index contributed by atoms with van der Waals surface area (Å²) in [6.07, 6.45) is 1.56. The topological polar surface area (TPSA) is 63.4 Å². The lowest BCUT2D eigenvalue weighted by atomic mass is 10.2. The minimum atomic E-state index is -3.46. The van der Waals surface area contributed by atoms with E-state index in [-0.39, 0.29) is 6.54 Å². The van der Waals surface area contributed by atoms with E-state index in [1.165, 1.54) is 4.31 Å². The number of hydrogen-bond donors (Lipinski definition) is 1. The Balaban J connectivity index is 3.06. The van der Waals surface area contributed by atoms with Crippen LogP contribution in [0.5, 0.6) is 0 Å². The Kier molecular flexibility index (Phi) is 4.86. The number of nitrogens with two attached hydrogens (primary N) is 1. The van der Waals surface area contributed by atoms with Gasteiger partial charge in [0.15, 0.2) is 0 Å². The standard InChI is InChI=1S/C12H18N2O2S/c1-3-9-14(10-8-13)17(15,16)12-6-4-11(2)5-7-12/h3-7H,1,8-10,13H2,2H3. The molecule has 0 aliphatic rings. The number of aryl methyl sites for hydroxylation is 1. The Morgan fingerprint density at radius 3 is 2.41 bits per heavy atom. The first-order chi connectivity index (χ1) is 8.02. The molecule has 0 fully saturated rings. The maximum atomic E-state index is 12.2. The van der Waals surface area contributed by atoms with Gasteiger partial charge in [0.25, 0.3) is 0 Å². The van der Waals surface area contributed by atoms with Gasteiger partial charge in [0.2, 0.25) is 10.0 Å². The molecule has 0 aliphatic heterocycles. The summed E-state index contributed by atoms with van der Waals surface area (Å²) in [6.45, 7) is 6.33. The van der Waals surface area contributed by atoms with Gasteiger partial charge in [-0.1, -0.05) is 23.8 Å². The summed E-state index contributed by atoms with van der Waals surface area (Å²) in [5, 5.41) is 0. The van der Waals surface area contributed by atoms with E-state index in [1.807, 2.05) is 6.92 Å². The molecule has 0 atom stereocenters. The molecule has 2 N–H and O–H groups in total. The van der Waals surface area contributed by atoms with Crippen LogP contribution in [0.4, 0.5) is 0 Å². The Labute approximate surface area is 103 Å². The summed E-state index contributed by atoms with van der Waals surface area (Å²) >= 11 is 0. The number of rotatable bonds is 6. The fourth-order valence-corrected chi connectivity index (χ4v) is 2.88. The van der Waals surface area contributed by atoms with Crippen molar-refractivity contribution in [2.24, 2.45) is 5.73 Å². The van der Waals surface area contributed by atoms with Crippen LogP contribution in [0, 0.1) is 6.92 Å². The van der Waals surface area contributed by atoms with Gasteiger partial charge in [0, 0.05) is 19.6 Å². The molecule has 1 aromatic rings. The molecule has 0 saturated carbocycles. The van der Waals surface area contributed by atoms with E-state index >= 15 is 0 Å². The van der Waals surface area contributed by atoms with Gasteiger partial charge in [-0.2, -0.15) is 4.31 Å². The van der Waals surface area contributed by atoms with Crippen molar-refractivity contribution in [3.8, 4) is 0 Å². The third kappa shape index (κ3) is 3.39. The third-order valence-electron chi connectivity index (χ3n) is 2.37. The molecule has 17 heavy (non-hydrogen) atoms. The van der Waals surface area contributed by atoms with Crippen molar-refractivity contribution < 1.29 is 8.42 Å². The number of sulfonamides is 1. The van der Waals surface area contributed by atoms with Crippen LogP contribution < -0.4 is 5.73 Å². The van der Waals surface area contributed by atoms with Gasteiger partial charge in [0.05, 0.1) is 4.90 Å². The van der Waals surface area contributed by atoms with Gasteiger partial charge >= 0.3 is 0 Å². The predicted molar refractivity (Wildman–Crippen MR) is 69.2 cm³/mol. The summed E-state index contributed by atoms with van der Waals surface area (Å²) < 4.78 is 25.8. The van der Waals surface area contributed by atoms with Crippen LogP contribution in [-0.2, 0) is 10.0 Å². The lowest BCUT2D eigenvalue weighted by Crippen LogP contribution is -2.35. The highest BCUT2D eigenvalue weighted by atomic mass is 32.2. The monoisotopic (exact) mass is 254 g/mol. The first-order valence-corrected chi connectivity index (χ1v) is 6.84. The molecule has 0 spiro atoms. The third-order valence-corrected chi connectivity index (χ3v) is 4.25. The molecule has 1 aromatic carbocycles. The lowest BCUT2D eigenvalue weighted by Gasteiger charge is -2.19. The number of hydrogen-bond acceptors (Lipinski definition) is 3. The van der Waals surface area contributed by atoms with Crippen molar-refractivity contribution in [3.63, 3.8) is 0 Å². The summed E-state index contributed by atoms with van der Waals surface area (Å²) in [5.41, 5.74) is 6.44. The van der Waals surface area contributed by atoms with Crippen LogP contribution in [0.1, 0.15) is 5.56 Å². The van der Waals surface area contributed by atoms with Crippen LogP contribution in [0.3, 0.4) is 0 Å². The van der Waals surface area contributed by atoms with Gasteiger partial charge in [-0.3, -0.25) is 0 Å². The van der Waals surface area contributed by atoms with Crippen LogP contribution in [-0.4, -0.2) is 32.4 Å². The first kappa shape index (κ1) is 13.9. The second-order valence-corrected chi connectivity index (χ2v) is 5.69. The van der Waals surface area contributed by atoms with Gasteiger partial charge < -0.3 is 5.73 Å². The zero-order valence-electron chi connectivity index (χ0n) is 9.96. The van der Waals surface area contributed by atoms with Gasteiger partial charge in [-0.05, 0) is 19.1 Å². The van der Waals surface area contributed by atoms with E-state index < -0.39 is 10.0 Å². The molecular formula is C12H18N2O2S. The predicted octanol–water partition coefficient (Wildman–Crippen LogP) is 1.13. The summed E-state index contributed by atoms with van der Waals surface area (Å²) in [6, 6.07) is 6.78. The summed E-state index contributed by atoms with van der Waals surface area (Å²) in [5.74, 6) is 0. The maximum absolute atomic E-state index is 12.2. The second-order valence-electron chi connectivity index (χ2n) is 3.75. The largest absolute Gasteiger partial charge is 0.329 e. The average molecular weight is 254 g/mol. The molecule has 0 amide bonds. The zero-order chi connectivity index (χ0) is 12.9. The van der Waals surface area contributed by atoms with E-state index in [4.69, 9.17) is 5.73 Å². The number of nitrogens with zero attached hydrogens (tertiary/aromatic N) is 1. The minimum absolute atomic E-state index is 0.271. The smallest absolute Gasteiger partial charge is 0.243 e. The normalized spacial score (nSPS) is 11.7. The highest BCUT2D eigenvalue weighted by Crippen LogP contribution is 2.15. The van der Waals surface area contributed by atoms with Crippen molar-refractivity contribution in [2.45, 2.75) is 11.8 Å². The van der Waals surface area contributed by atoms with E-state index in [9.17, 15) is 8.42 Å². The second kappa shape index (κ2) is 5.95. The van der Waals surface area contributed by atoms with E-state index in [1.54, 1.807) is 30.3 Å². The lowest BCUT2D eigenvalue weighted by molar-refractivity contribution is 0.450. The molecule has 0 saturated heterocycles. The SMILES string of the molecule is C=CCN(CCN)S(=O)(=O)c1ccc(C)cc1. The van der Waals surface area contributed by atoms with Crippen molar-refractivity contribution >= 4 is 10.0 Å². The van der Waals surface area contributed by atoms with E-state index in [0.717, 1.165) is 5.56 Å². The highest BCUT2D eigenvalue weighted by molar-refractivity contribution is 7.89. The quantitative estimate of drug-likeness (QED) is 0.774. The molecule has 0 heterocycles. The van der Waals surface area contributed by atoms with Gasteiger partial charge in [0.1, 0.15) is 0 Å². The van der Waals surface area contributed by atoms with E-state index in [0.29, 0.717) is 18.0 Å². The molecule has 5 heteroatoms. The maximum Gasteiger partial charge on any atom is 0.243 e. The molecule has 0 bridgehead atoms. The van der Waals surface area contributed by atoms with Crippen molar-refractivity contribution in [1.82, 2.24) is 4.31 Å². The Morgan fingerprint density at radius 2 is 1.94 bits per heavy atom. The van der Waals surface area contributed by atoms with Crippen LogP contribution in [0.15, 0.2) is 41.8 Å². The Bertz CT molecular complexity index is 466. The molecule has 0 radical (unpaired) electrons. The minimum Gasteiger partial charge on any atom is -0.329 e. The molecule has 0 aromatic heterocycles.